The van der Waals surface area contributed by atoms with Crippen LogP contribution in [0.15, 0.2) is 137 Å². The van der Waals surface area contributed by atoms with Crippen molar-refractivity contribution in [3.63, 3.8) is 0 Å². The quantitative estimate of drug-likeness (QED) is 0.132. The number of rotatable bonds is 7. The molecule has 1 saturated carbocycles. The van der Waals surface area contributed by atoms with E-state index in [2.05, 4.69) is 5.32 Å². The van der Waals surface area contributed by atoms with Crippen molar-refractivity contribution in [3.8, 4) is 0 Å². The van der Waals surface area contributed by atoms with Crippen LogP contribution in [0, 0.1) is 23.7 Å². The number of aliphatic hydroxyl groups is 1. The molecule has 4 aliphatic rings. The molecule has 9 rings (SSSR count). The third kappa shape index (κ3) is 5.02. The molecule has 3 heterocycles. The minimum absolute atomic E-state index is 0.167. The van der Waals surface area contributed by atoms with E-state index < -0.39 is 46.8 Å². The smallest absolute Gasteiger partial charge is 0.246 e. The van der Waals surface area contributed by atoms with Crippen LogP contribution >= 0.6 is 11.6 Å². The van der Waals surface area contributed by atoms with Crippen molar-refractivity contribution >= 4 is 58.0 Å². The molecule has 9 nitrogen and oxygen atoms in total. The Morgan fingerprint density at radius 2 is 1.45 bits per heavy atom. The van der Waals surface area contributed by atoms with Crippen LogP contribution in [0.2, 0.25) is 5.02 Å². The monoisotopic (exact) mass is 723 g/mol. The van der Waals surface area contributed by atoms with Gasteiger partial charge in [0, 0.05) is 16.4 Å². The predicted octanol–water partition coefficient (Wildman–Crippen LogP) is 7.54. The highest BCUT2D eigenvalue weighted by atomic mass is 35.5. The van der Waals surface area contributed by atoms with Crippen molar-refractivity contribution in [1.82, 2.24) is 0 Å². The highest BCUT2D eigenvalue weighted by Crippen LogP contribution is 2.64. The molecule has 2 saturated heterocycles. The minimum atomic E-state index is -1.45. The number of amides is 4. The molecule has 0 spiro atoms. The van der Waals surface area contributed by atoms with Crippen LogP contribution in [-0.4, -0.2) is 28.7 Å². The zero-order chi connectivity index (χ0) is 36.4. The maximum absolute atomic E-state index is 15.3. The largest absolute Gasteiger partial charge is 0.463 e. The van der Waals surface area contributed by atoms with Crippen LogP contribution in [0.4, 0.5) is 22.7 Å². The van der Waals surface area contributed by atoms with Crippen LogP contribution in [0.1, 0.15) is 35.8 Å². The molecular formula is C43H34ClN3O6. The Balaban J connectivity index is 1.15. The Bertz CT molecular complexity index is 2310. The van der Waals surface area contributed by atoms with E-state index in [0.717, 1.165) is 16.9 Å². The Morgan fingerprint density at radius 3 is 2.15 bits per heavy atom. The number of carbonyl (C=O) groups is 4. The van der Waals surface area contributed by atoms with Gasteiger partial charge in [-0.25, -0.2) is 4.90 Å². The number of nitrogens with zero attached hydrogens (tertiary/aromatic N) is 2. The van der Waals surface area contributed by atoms with E-state index >= 15 is 4.79 Å². The fraction of sp³-hybridized carbons (Fsp3) is 0.209. The zero-order valence-electron chi connectivity index (χ0n) is 28.4. The topological polar surface area (TPSA) is 120 Å². The summed E-state index contributed by atoms with van der Waals surface area (Å²) in [6.07, 6.45) is 2.44. The second kappa shape index (κ2) is 12.7. The summed E-state index contributed by atoms with van der Waals surface area (Å²) in [6, 6.07) is 36.2. The van der Waals surface area contributed by atoms with Crippen molar-refractivity contribution in [3.05, 3.63) is 155 Å². The zero-order valence-corrected chi connectivity index (χ0v) is 29.1. The van der Waals surface area contributed by atoms with Crippen molar-refractivity contribution in [2.75, 3.05) is 15.1 Å². The summed E-state index contributed by atoms with van der Waals surface area (Å²) in [5, 5.41) is 13.7. The highest BCUT2D eigenvalue weighted by Gasteiger charge is 2.71. The first-order valence-electron chi connectivity index (χ1n) is 17.7. The first-order valence-corrected chi connectivity index (χ1v) is 18.1. The number of hydrogen-bond acceptors (Lipinski definition) is 7. The highest BCUT2D eigenvalue weighted by molar-refractivity contribution is 6.32. The lowest BCUT2D eigenvalue weighted by Crippen LogP contribution is -2.53. The molecule has 0 bridgehead atoms. The number of allylic oxidation sites excluding steroid dienone is 2. The number of furan rings is 1. The lowest BCUT2D eigenvalue weighted by Gasteiger charge is -2.49. The number of hydrogen-bond donors (Lipinski definition) is 2. The maximum atomic E-state index is 15.3. The number of anilines is 4. The van der Waals surface area contributed by atoms with Gasteiger partial charge in [-0.1, -0.05) is 77.8 Å². The van der Waals surface area contributed by atoms with Crippen molar-refractivity contribution in [1.29, 1.82) is 0 Å². The van der Waals surface area contributed by atoms with Crippen LogP contribution in [0.5, 0.6) is 0 Å². The molecule has 2 N–H and O–H groups in total. The molecule has 2 aliphatic heterocycles. The van der Waals surface area contributed by atoms with E-state index in [1.807, 2.05) is 78.9 Å². The summed E-state index contributed by atoms with van der Waals surface area (Å²) in [6.45, 7) is -0.356. The van der Waals surface area contributed by atoms with Gasteiger partial charge in [0.2, 0.25) is 23.6 Å². The second-order valence-corrected chi connectivity index (χ2v) is 14.5. The fourth-order valence-electron chi connectivity index (χ4n) is 9.32. The average molecular weight is 724 g/mol. The van der Waals surface area contributed by atoms with Gasteiger partial charge in [-0.15, -0.1) is 0 Å². The van der Waals surface area contributed by atoms with Crippen molar-refractivity contribution in [2.24, 2.45) is 23.7 Å². The molecule has 1 aromatic heterocycles. The first kappa shape index (κ1) is 33.1. The van der Waals surface area contributed by atoms with Gasteiger partial charge in [0.1, 0.15) is 23.5 Å². The van der Waals surface area contributed by atoms with Crippen LogP contribution < -0.4 is 15.1 Å². The molecule has 2 aliphatic carbocycles. The van der Waals surface area contributed by atoms with Crippen LogP contribution in [-0.2, 0) is 31.2 Å². The van der Waals surface area contributed by atoms with Gasteiger partial charge in [-0.05, 0) is 91.1 Å². The molecule has 3 fully saturated rings. The number of halogens is 1. The number of carbonyl (C=O) groups excluding carboxylic acids is 4. The summed E-state index contributed by atoms with van der Waals surface area (Å²) in [4.78, 5) is 61.4. The molecule has 6 unspecified atom stereocenters. The number of imide groups is 2. The minimum Gasteiger partial charge on any atom is -0.463 e. The van der Waals surface area contributed by atoms with E-state index in [9.17, 15) is 19.5 Å². The Labute approximate surface area is 310 Å². The van der Waals surface area contributed by atoms with Crippen molar-refractivity contribution < 1.29 is 28.7 Å². The standard InChI is InChI=1S/C43H34ClN3O6/c44-26-10-7-13-30(22-26)47-40(50)35-23-34-32(38(36-21-18-31(24-48)53-36)43(35,42(47)52)25-8-3-1-4-9-25)19-20-33-37(34)41(51)46(39(33)49)29-16-14-28(15-17-29)45-27-11-5-2-6-12-27/h1-19,21-22,33-35,37-38,45,48H,20,23-24H2. The number of nitrogens with one attached hydrogen (secondary N) is 1. The molecule has 4 amide bonds. The van der Waals surface area contributed by atoms with Crippen molar-refractivity contribution in [2.45, 2.75) is 30.8 Å². The Kier molecular flexibility index (Phi) is 7.94. The Hall–Kier alpha value is -5.77. The number of fused-ring (bicyclic) bond motifs is 4. The number of para-hydroxylation sites is 1. The molecule has 10 heteroatoms. The first-order chi connectivity index (χ1) is 25.8. The molecular weight excluding hydrogens is 690 g/mol. The van der Waals surface area contributed by atoms with Gasteiger partial charge in [0.05, 0.1) is 35.0 Å². The number of aliphatic hydroxyl groups excluding tert-OH is 1. The van der Waals surface area contributed by atoms with E-state index in [1.54, 1.807) is 48.5 Å². The average Bonchev–Trinajstić information content (AvgIpc) is 3.83. The third-order valence-corrected chi connectivity index (χ3v) is 11.7. The normalized spacial score (nSPS) is 26.3. The van der Waals surface area contributed by atoms with Gasteiger partial charge in [0.15, 0.2) is 0 Å². The van der Waals surface area contributed by atoms with E-state index in [1.165, 1.54) is 9.80 Å². The molecule has 0 radical (unpaired) electrons. The number of benzene rings is 4. The third-order valence-electron chi connectivity index (χ3n) is 11.5. The molecule has 4 aromatic carbocycles. The summed E-state index contributed by atoms with van der Waals surface area (Å²) in [7, 11) is 0. The fourth-order valence-corrected chi connectivity index (χ4v) is 9.51. The second-order valence-electron chi connectivity index (χ2n) is 14.1. The van der Waals surface area contributed by atoms with Crippen LogP contribution in [0.3, 0.4) is 0 Å². The molecule has 5 aromatic rings. The van der Waals surface area contributed by atoms with Gasteiger partial charge < -0.3 is 14.8 Å². The summed E-state index contributed by atoms with van der Waals surface area (Å²) in [5.41, 5.74) is 2.51. The Morgan fingerprint density at radius 1 is 0.736 bits per heavy atom. The lowest BCUT2D eigenvalue weighted by molar-refractivity contribution is -0.127. The maximum Gasteiger partial charge on any atom is 0.246 e. The molecule has 264 valence electrons. The summed E-state index contributed by atoms with van der Waals surface area (Å²) < 4.78 is 6.26. The van der Waals surface area contributed by atoms with E-state index in [0.29, 0.717) is 33.5 Å². The predicted molar refractivity (Wildman–Crippen MR) is 199 cm³/mol. The summed E-state index contributed by atoms with van der Waals surface area (Å²) in [5.74, 6) is -4.38. The van der Waals surface area contributed by atoms with Gasteiger partial charge in [0.25, 0.3) is 0 Å². The molecule has 53 heavy (non-hydrogen) atoms. The molecule has 6 atom stereocenters. The summed E-state index contributed by atoms with van der Waals surface area (Å²) >= 11 is 6.39. The van der Waals surface area contributed by atoms with E-state index in [-0.39, 0.29) is 31.3 Å². The lowest BCUT2D eigenvalue weighted by atomic mass is 9.50. The van der Waals surface area contributed by atoms with Gasteiger partial charge in [-0.2, -0.15) is 0 Å². The van der Waals surface area contributed by atoms with Crippen LogP contribution in [0.25, 0.3) is 0 Å². The SMILES string of the molecule is O=C1C2CC=C3C(CC4C(=O)N(c5cccc(Cl)c5)C(=O)C4(c4ccccc4)C3c3ccc(CO)o3)C2C(=O)N1c1ccc(Nc2ccccc2)cc1. The van der Waals surface area contributed by atoms with Gasteiger partial charge >= 0.3 is 0 Å². The van der Waals surface area contributed by atoms with E-state index in [4.69, 9.17) is 16.0 Å². The van der Waals surface area contributed by atoms with Gasteiger partial charge in [-0.3, -0.25) is 24.1 Å².